The van der Waals surface area contributed by atoms with Crippen LogP contribution in [-0.2, 0) is 9.59 Å². The molecule has 0 aromatic heterocycles. The van der Waals surface area contributed by atoms with Gasteiger partial charge in [-0.05, 0) is 18.8 Å². The molecule has 1 saturated heterocycles. The molecular formula is C12H19NO5. The van der Waals surface area contributed by atoms with Gasteiger partial charge in [0.2, 0.25) is 11.8 Å². The number of hydrogen-bond acceptors (Lipinski definition) is 5. The minimum absolute atomic E-state index is 0.335. The van der Waals surface area contributed by atoms with E-state index in [9.17, 15) is 24.9 Å². The Hall–Kier alpha value is -0.980. The molecule has 2 unspecified atom stereocenters. The number of amides is 2. The smallest absolute Gasteiger partial charge is 0.233 e. The Morgan fingerprint density at radius 2 is 1.44 bits per heavy atom. The molecular weight excluding hydrogens is 238 g/mol. The summed E-state index contributed by atoms with van der Waals surface area (Å²) in [4.78, 5) is 25.4. The summed E-state index contributed by atoms with van der Waals surface area (Å²) in [6.45, 7) is 0.103. The maximum absolute atomic E-state index is 12.2. The Balaban J connectivity index is 2.31. The Labute approximate surface area is 105 Å². The molecule has 1 saturated carbocycles. The molecule has 0 aromatic carbocycles. The van der Waals surface area contributed by atoms with Crippen LogP contribution in [0, 0.1) is 17.8 Å². The van der Waals surface area contributed by atoms with Gasteiger partial charge in [0.05, 0.1) is 31.7 Å². The molecule has 2 aliphatic rings. The van der Waals surface area contributed by atoms with Gasteiger partial charge in [0.15, 0.2) is 0 Å². The average molecular weight is 257 g/mol. The van der Waals surface area contributed by atoms with Crippen LogP contribution >= 0.6 is 0 Å². The quantitative estimate of drug-likeness (QED) is 0.546. The maximum Gasteiger partial charge on any atom is 0.233 e. The fourth-order valence-electron chi connectivity index (χ4n) is 3.11. The predicted octanol–water partition coefficient (Wildman–Crippen LogP) is -1.27. The SMILES string of the molecule is CC1CC2C(=O)N(C(CO)(CO)CO)C(=O)C2C1. The highest BCUT2D eigenvalue weighted by Gasteiger charge is 2.57. The number of aliphatic hydroxyl groups is 3. The fraction of sp³-hybridized carbons (Fsp3) is 0.833. The summed E-state index contributed by atoms with van der Waals surface area (Å²) < 4.78 is 0. The Kier molecular flexibility index (Phi) is 3.44. The molecule has 0 spiro atoms. The second-order valence-electron chi connectivity index (χ2n) is 5.50. The number of aliphatic hydroxyl groups excluding tert-OH is 3. The van der Waals surface area contributed by atoms with Crippen molar-refractivity contribution in [1.29, 1.82) is 0 Å². The van der Waals surface area contributed by atoms with E-state index in [1.165, 1.54) is 0 Å². The number of hydrogen-bond donors (Lipinski definition) is 3. The Morgan fingerprint density at radius 1 is 1.06 bits per heavy atom. The highest BCUT2D eigenvalue weighted by Crippen LogP contribution is 2.44. The van der Waals surface area contributed by atoms with Gasteiger partial charge in [-0.1, -0.05) is 6.92 Å². The molecule has 1 heterocycles. The number of likely N-dealkylation sites (tertiary alicyclic amines) is 1. The molecule has 2 fully saturated rings. The molecule has 18 heavy (non-hydrogen) atoms. The van der Waals surface area contributed by atoms with Gasteiger partial charge in [0, 0.05) is 0 Å². The maximum atomic E-state index is 12.2. The highest BCUT2D eigenvalue weighted by atomic mass is 16.3. The van der Waals surface area contributed by atoms with Gasteiger partial charge < -0.3 is 15.3 Å². The summed E-state index contributed by atoms with van der Waals surface area (Å²) in [6.07, 6.45) is 1.31. The molecule has 2 rings (SSSR count). The number of imide groups is 1. The molecule has 6 heteroatoms. The first-order valence-electron chi connectivity index (χ1n) is 6.21. The highest BCUT2D eigenvalue weighted by molar-refractivity contribution is 6.06. The zero-order chi connectivity index (χ0) is 13.5. The lowest BCUT2D eigenvalue weighted by Gasteiger charge is -2.36. The first-order valence-corrected chi connectivity index (χ1v) is 6.21. The van der Waals surface area contributed by atoms with Crippen LogP contribution < -0.4 is 0 Å². The molecule has 1 aliphatic carbocycles. The van der Waals surface area contributed by atoms with E-state index < -0.39 is 25.4 Å². The molecule has 1 aliphatic heterocycles. The molecule has 2 atom stereocenters. The molecule has 102 valence electrons. The summed E-state index contributed by atoms with van der Waals surface area (Å²) in [7, 11) is 0. The van der Waals surface area contributed by atoms with Crippen molar-refractivity contribution in [3.05, 3.63) is 0 Å². The minimum atomic E-state index is -1.57. The van der Waals surface area contributed by atoms with Crippen LogP contribution in [-0.4, -0.2) is 57.4 Å². The van der Waals surface area contributed by atoms with Crippen LogP contribution in [0.5, 0.6) is 0 Å². The van der Waals surface area contributed by atoms with E-state index in [2.05, 4.69) is 0 Å². The van der Waals surface area contributed by atoms with Crippen molar-refractivity contribution in [2.75, 3.05) is 19.8 Å². The van der Waals surface area contributed by atoms with Crippen molar-refractivity contribution in [3.8, 4) is 0 Å². The predicted molar refractivity (Wildman–Crippen MR) is 61.2 cm³/mol. The lowest BCUT2D eigenvalue weighted by Crippen LogP contribution is -2.60. The second-order valence-corrected chi connectivity index (χ2v) is 5.50. The minimum Gasteiger partial charge on any atom is -0.394 e. The molecule has 0 aromatic rings. The van der Waals surface area contributed by atoms with Gasteiger partial charge in [0.1, 0.15) is 5.54 Å². The first kappa shape index (κ1) is 13.5. The Morgan fingerprint density at radius 3 is 1.78 bits per heavy atom. The van der Waals surface area contributed by atoms with E-state index in [1.54, 1.807) is 0 Å². The van der Waals surface area contributed by atoms with E-state index in [0.29, 0.717) is 18.8 Å². The van der Waals surface area contributed by atoms with Crippen LogP contribution in [0.2, 0.25) is 0 Å². The van der Waals surface area contributed by atoms with E-state index >= 15 is 0 Å². The van der Waals surface area contributed by atoms with Crippen LogP contribution in [0.1, 0.15) is 19.8 Å². The van der Waals surface area contributed by atoms with E-state index in [0.717, 1.165) is 4.90 Å². The average Bonchev–Trinajstić information content (AvgIpc) is 2.85. The number of carbonyl (C=O) groups is 2. The van der Waals surface area contributed by atoms with E-state index in [-0.39, 0.29) is 23.7 Å². The summed E-state index contributed by atoms with van der Waals surface area (Å²) in [5, 5.41) is 28.0. The third kappa shape index (κ3) is 1.67. The summed E-state index contributed by atoms with van der Waals surface area (Å²) in [6, 6.07) is 0. The number of carbonyl (C=O) groups excluding carboxylic acids is 2. The van der Waals surface area contributed by atoms with Gasteiger partial charge in [-0.3, -0.25) is 14.5 Å². The third-order valence-corrected chi connectivity index (χ3v) is 4.23. The molecule has 2 amide bonds. The van der Waals surface area contributed by atoms with E-state index in [4.69, 9.17) is 0 Å². The normalized spacial score (nSPS) is 32.2. The zero-order valence-corrected chi connectivity index (χ0v) is 10.4. The summed E-state index contributed by atoms with van der Waals surface area (Å²) in [5.74, 6) is -1.10. The number of fused-ring (bicyclic) bond motifs is 1. The first-order chi connectivity index (χ1) is 8.50. The van der Waals surface area contributed by atoms with Crippen molar-refractivity contribution >= 4 is 11.8 Å². The van der Waals surface area contributed by atoms with Gasteiger partial charge in [-0.25, -0.2) is 0 Å². The van der Waals surface area contributed by atoms with Crippen molar-refractivity contribution in [1.82, 2.24) is 4.90 Å². The van der Waals surface area contributed by atoms with Gasteiger partial charge in [0.25, 0.3) is 0 Å². The fourth-order valence-corrected chi connectivity index (χ4v) is 3.11. The van der Waals surface area contributed by atoms with Gasteiger partial charge in [-0.15, -0.1) is 0 Å². The van der Waals surface area contributed by atoms with E-state index in [1.807, 2.05) is 6.92 Å². The van der Waals surface area contributed by atoms with Gasteiger partial charge in [-0.2, -0.15) is 0 Å². The van der Waals surface area contributed by atoms with Crippen LogP contribution in [0.15, 0.2) is 0 Å². The number of rotatable bonds is 4. The van der Waals surface area contributed by atoms with Gasteiger partial charge >= 0.3 is 0 Å². The lowest BCUT2D eigenvalue weighted by molar-refractivity contribution is -0.155. The summed E-state index contributed by atoms with van der Waals surface area (Å²) >= 11 is 0. The topological polar surface area (TPSA) is 98.1 Å². The summed E-state index contributed by atoms with van der Waals surface area (Å²) in [5.41, 5.74) is -1.57. The van der Waals surface area contributed by atoms with Crippen LogP contribution in [0.25, 0.3) is 0 Å². The van der Waals surface area contributed by atoms with Crippen molar-refractivity contribution in [2.45, 2.75) is 25.3 Å². The van der Waals surface area contributed by atoms with Crippen molar-refractivity contribution in [2.24, 2.45) is 17.8 Å². The third-order valence-electron chi connectivity index (χ3n) is 4.23. The standard InChI is InChI=1S/C12H19NO5/c1-7-2-8-9(3-7)11(18)13(10(8)17)12(4-14,5-15)6-16/h7-9,14-16H,2-6H2,1H3. The molecule has 3 N–H and O–H groups in total. The molecule has 6 nitrogen and oxygen atoms in total. The van der Waals surface area contributed by atoms with Crippen molar-refractivity contribution in [3.63, 3.8) is 0 Å². The second kappa shape index (κ2) is 4.60. The van der Waals surface area contributed by atoms with Crippen LogP contribution in [0.4, 0.5) is 0 Å². The van der Waals surface area contributed by atoms with Crippen LogP contribution in [0.3, 0.4) is 0 Å². The lowest BCUT2D eigenvalue weighted by atomic mass is 9.99. The van der Waals surface area contributed by atoms with Crippen molar-refractivity contribution < 1.29 is 24.9 Å². The largest absolute Gasteiger partial charge is 0.394 e. The zero-order valence-electron chi connectivity index (χ0n) is 10.4. The molecule has 0 radical (unpaired) electrons. The Bertz CT molecular complexity index is 333. The number of nitrogens with zero attached hydrogens (tertiary/aromatic N) is 1. The monoisotopic (exact) mass is 257 g/mol. The molecule has 0 bridgehead atoms.